The minimum atomic E-state index is -0.209. The molecule has 0 radical (unpaired) electrons. The molecular formula is C16H21FN2. The van der Waals surface area contributed by atoms with E-state index >= 15 is 0 Å². The van der Waals surface area contributed by atoms with E-state index < -0.39 is 0 Å². The van der Waals surface area contributed by atoms with Crippen LogP contribution < -0.4 is 0 Å². The molecule has 2 aromatic rings. The molecule has 19 heavy (non-hydrogen) atoms. The van der Waals surface area contributed by atoms with Crippen molar-refractivity contribution < 1.29 is 4.39 Å². The van der Waals surface area contributed by atoms with Crippen molar-refractivity contribution in [2.24, 2.45) is 0 Å². The van der Waals surface area contributed by atoms with E-state index in [0.717, 1.165) is 23.5 Å². The Bertz CT molecular complexity index is 488. The molecule has 102 valence electrons. The van der Waals surface area contributed by atoms with Crippen LogP contribution in [-0.2, 0) is 6.42 Å². The van der Waals surface area contributed by atoms with E-state index in [1.807, 2.05) is 6.20 Å². The summed E-state index contributed by atoms with van der Waals surface area (Å²) in [6.45, 7) is 2.22. The largest absolute Gasteiger partial charge is 0.342 e. The van der Waals surface area contributed by atoms with E-state index in [-0.39, 0.29) is 5.82 Å². The van der Waals surface area contributed by atoms with Crippen molar-refractivity contribution in [2.45, 2.75) is 45.4 Å². The van der Waals surface area contributed by atoms with Gasteiger partial charge in [0.25, 0.3) is 0 Å². The van der Waals surface area contributed by atoms with Gasteiger partial charge in [-0.1, -0.05) is 32.6 Å². The number of hydrogen-bond donors (Lipinski definition) is 1. The standard InChI is InChI=1S/C16H21FN2/c1-2-3-4-5-6-7-16-18-12-15(19-16)13-8-10-14(17)11-9-13/h8-12H,2-7H2,1H3,(H,18,19). The summed E-state index contributed by atoms with van der Waals surface area (Å²) in [5.74, 6) is 0.815. The van der Waals surface area contributed by atoms with Crippen molar-refractivity contribution >= 4 is 0 Å². The second-order valence-corrected chi connectivity index (χ2v) is 4.91. The smallest absolute Gasteiger partial charge is 0.123 e. The molecule has 0 aliphatic rings. The van der Waals surface area contributed by atoms with E-state index in [0.29, 0.717) is 0 Å². The fourth-order valence-corrected chi connectivity index (χ4v) is 2.16. The van der Waals surface area contributed by atoms with Crippen molar-refractivity contribution in [2.75, 3.05) is 0 Å². The van der Waals surface area contributed by atoms with Crippen LogP contribution in [0.2, 0.25) is 0 Å². The van der Waals surface area contributed by atoms with Gasteiger partial charge < -0.3 is 4.98 Å². The lowest BCUT2D eigenvalue weighted by atomic mass is 10.1. The lowest BCUT2D eigenvalue weighted by Crippen LogP contribution is -1.89. The van der Waals surface area contributed by atoms with Crippen LogP contribution in [0, 0.1) is 5.82 Å². The molecule has 1 N–H and O–H groups in total. The highest BCUT2D eigenvalue weighted by Crippen LogP contribution is 2.18. The van der Waals surface area contributed by atoms with Gasteiger partial charge in [-0.15, -0.1) is 0 Å². The SMILES string of the molecule is CCCCCCCc1ncc(-c2ccc(F)cc2)[nH]1. The van der Waals surface area contributed by atoms with Gasteiger partial charge in [-0.05, 0) is 36.2 Å². The van der Waals surface area contributed by atoms with Gasteiger partial charge in [-0.2, -0.15) is 0 Å². The molecule has 0 amide bonds. The van der Waals surface area contributed by atoms with Gasteiger partial charge in [0.2, 0.25) is 0 Å². The van der Waals surface area contributed by atoms with Crippen LogP contribution in [0.5, 0.6) is 0 Å². The topological polar surface area (TPSA) is 28.7 Å². The maximum Gasteiger partial charge on any atom is 0.123 e. The Morgan fingerprint density at radius 1 is 1.05 bits per heavy atom. The molecule has 0 spiro atoms. The Hall–Kier alpha value is -1.64. The molecule has 0 unspecified atom stereocenters. The van der Waals surface area contributed by atoms with Crippen LogP contribution in [0.4, 0.5) is 4.39 Å². The number of nitrogens with zero attached hydrogens (tertiary/aromatic N) is 1. The van der Waals surface area contributed by atoms with Gasteiger partial charge in [0.15, 0.2) is 0 Å². The zero-order valence-corrected chi connectivity index (χ0v) is 11.5. The Balaban J connectivity index is 1.86. The van der Waals surface area contributed by atoms with Gasteiger partial charge in [0.05, 0.1) is 11.9 Å². The summed E-state index contributed by atoms with van der Waals surface area (Å²) in [6.07, 6.45) is 9.16. The average Bonchev–Trinajstić information content (AvgIpc) is 2.88. The molecule has 1 aromatic heterocycles. The molecule has 0 saturated carbocycles. The molecular weight excluding hydrogens is 239 g/mol. The average molecular weight is 260 g/mol. The lowest BCUT2D eigenvalue weighted by Gasteiger charge is -1.99. The van der Waals surface area contributed by atoms with Gasteiger partial charge in [0.1, 0.15) is 11.6 Å². The molecule has 0 atom stereocenters. The molecule has 2 rings (SSSR count). The highest BCUT2D eigenvalue weighted by atomic mass is 19.1. The van der Waals surface area contributed by atoms with Crippen molar-refractivity contribution in [1.29, 1.82) is 0 Å². The van der Waals surface area contributed by atoms with Gasteiger partial charge in [-0.3, -0.25) is 0 Å². The Morgan fingerprint density at radius 3 is 2.53 bits per heavy atom. The van der Waals surface area contributed by atoms with Crippen molar-refractivity contribution in [3.8, 4) is 11.3 Å². The zero-order valence-electron chi connectivity index (χ0n) is 11.5. The number of aromatic nitrogens is 2. The first-order valence-electron chi connectivity index (χ1n) is 7.09. The molecule has 1 aromatic carbocycles. The summed E-state index contributed by atoms with van der Waals surface area (Å²) in [6, 6.07) is 6.49. The van der Waals surface area contributed by atoms with Crippen molar-refractivity contribution in [1.82, 2.24) is 9.97 Å². The second-order valence-electron chi connectivity index (χ2n) is 4.91. The number of H-pyrrole nitrogens is 1. The van der Waals surface area contributed by atoms with E-state index in [9.17, 15) is 4.39 Å². The summed E-state index contributed by atoms with van der Waals surface area (Å²) in [5, 5.41) is 0. The molecule has 0 fully saturated rings. The first-order chi connectivity index (χ1) is 9.29. The maximum absolute atomic E-state index is 12.9. The minimum absolute atomic E-state index is 0.209. The summed E-state index contributed by atoms with van der Waals surface area (Å²) < 4.78 is 12.9. The molecule has 0 bridgehead atoms. The second kappa shape index (κ2) is 7.07. The summed E-state index contributed by atoms with van der Waals surface area (Å²) in [7, 11) is 0. The van der Waals surface area contributed by atoms with Gasteiger partial charge in [-0.25, -0.2) is 9.37 Å². The van der Waals surface area contributed by atoms with Crippen LogP contribution in [0.1, 0.15) is 44.9 Å². The first-order valence-corrected chi connectivity index (χ1v) is 7.09. The number of unbranched alkanes of at least 4 members (excludes halogenated alkanes) is 4. The molecule has 0 saturated heterocycles. The van der Waals surface area contributed by atoms with E-state index in [4.69, 9.17) is 0 Å². The third kappa shape index (κ3) is 4.19. The third-order valence-electron chi connectivity index (χ3n) is 3.30. The number of nitrogens with one attached hydrogen (secondary N) is 1. The Morgan fingerprint density at radius 2 is 1.79 bits per heavy atom. The van der Waals surface area contributed by atoms with Crippen LogP contribution in [0.25, 0.3) is 11.3 Å². The van der Waals surface area contributed by atoms with Gasteiger partial charge in [0, 0.05) is 6.42 Å². The number of imidazole rings is 1. The summed E-state index contributed by atoms with van der Waals surface area (Å²) in [5.41, 5.74) is 1.94. The number of hydrogen-bond acceptors (Lipinski definition) is 1. The predicted octanol–water partition coefficient (Wildman–Crippen LogP) is 4.73. The van der Waals surface area contributed by atoms with Crippen molar-refractivity contribution in [3.05, 3.63) is 42.1 Å². The summed E-state index contributed by atoms with van der Waals surface area (Å²) in [4.78, 5) is 7.69. The number of benzene rings is 1. The first kappa shape index (κ1) is 13.8. The van der Waals surface area contributed by atoms with Crippen molar-refractivity contribution in [3.63, 3.8) is 0 Å². The highest BCUT2D eigenvalue weighted by molar-refractivity contribution is 5.58. The van der Waals surface area contributed by atoms with Crippen LogP contribution >= 0.6 is 0 Å². The minimum Gasteiger partial charge on any atom is -0.342 e. The number of rotatable bonds is 7. The molecule has 3 heteroatoms. The molecule has 2 nitrogen and oxygen atoms in total. The number of aromatic amines is 1. The number of halogens is 1. The normalized spacial score (nSPS) is 10.8. The van der Waals surface area contributed by atoms with E-state index in [1.54, 1.807) is 12.1 Å². The fraction of sp³-hybridized carbons (Fsp3) is 0.438. The fourth-order valence-electron chi connectivity index (χ4n) is 2.16. The van der Waals surface area contributed by atoms with Gasteiger partial charge >= 0.3 is 0 Å². The third-order valence-corrected chi connectivity index (χ3v) is 3.30. The summed E-state index contributed by atoms with van der Waals surface area (Å²) >= 11 is 0. The van der Waals surface area contributed by atoms with E-state index in [1.165, 1.54) is 44.2 Å². The lowest BCUT2D eigenvalue weighted by molar-refractivity contribution is 0.624. The maximum atomic E-state index is 12.9. The Labute approximate surface area is 114 Å². The van der Waals surface area contributed by atoms with Crippen LogP contribution in [-0.4, -0.2) is 9.97 Å². The molecule has 1 heterocycles. The van der Waals surface area contributed by atoms with Crippen LogP contribution in [0.15, 0.2) is 30.5 Å². The number of aryl methyl sites for hydroxylation is 1. The molecule has 0 aliphatic heterocycles. The molecule has 0 aliphatic carbocycles. The zero-order chi connectivity index (χ0) is 13.5. The Kier molecular flexibility index (Phi) is 5.13. The highest BCUT2D eigenvalue weighted by Gasteiger charge is 2.03. The quantitative estimate of drug-likeness (QED) is 0.716. The van der Waals surface area contributed by atoms with Crippen LogP contribution in [0.3, 0.4) is 0 Å². The monoisotopic (exact) mass is 260 g/mol. The predicted molar refractivity (Wildman–Crippen MR) is 76.4 cm³/mol. The van der Waals surface area contributed by atoms with E-state index in [2.05, 4.69) is 16.9 Å².